The summed E-state index contributed by atoms with van der Waals surface area (Å²) in [6, 6.07) is 8.48. The normalized spacial score (nSPS) is 14.1. The Kier molecular flexibility index (Phi) is 6.73. The molecule has 0 saturated carbocycles. The lowest BCUT2D eigenvalue weighted by Crippen LogP contribution is -2.38. The van der Waals surface area contributed by atoms with Gasteiger partial charge in [0.05, 0.1) is 0 Å². The quantitative estimate of drug-likeness (QED) is 0.805. The van der Waals surface area contributed by atoms with Gasteiger partial charge >= 0.3 is 0 Å². The number of rotatable bonds is 7. The smallest absolute Gasteiger partial charge is 0.220 e. The molecule has 0 aliphatic rings. The summed E-state index contributed by atoms with van der Waals surface area (Å²) in [7, 11) is 0. The molecule has 0 saturated heterocycles. The van der Waals surface area contributed by atoms with Gasteiger partial charge in [-0.25, -0.2) is 0 Å². The molecule has 0 bridgehead atoms. The topological polar surface area (TPSA) is 49.3 Å². The van der Waals surface area contributed by atoms with Crippen LogP contribution in [0.2, 0.25) is 0 Å². The third-order valence-corrected chi connectivity index (χ3v) is 3.82. The third-order valence-electron chi connectivity index (χ3n) is 3.82. The standard InChI is InChI=1S/C17H27NO2/c1-12(2)16-8-5-15(6-9-16)7-10-17(20)18-14(4)13(3)11-19/h5-6,8-9,12-14,19H,7,10-11H2,1-4H3,(H,18,20). The van der Waals surface area contributed by atoms with E-state index < -0.39 is 0 Å². The molecule has 3 nitrogen and oxygen atoms in total. The summed E-state index contributed by atoms with van der Waals surface area (Å²) in [5, 5.41) is 12.0. The Labute approximate surface area is 122 Å². The zero-order valence-electron chi connectivity index (χ0n) is 13.0. The predicted molar refractivity (Wildman–Crippen MR) is 82.7 cm³/mol. The molecule has 2 unspecified atom stereocenters. The first-order valence-corrected chi connectivity index (χ1v) is 7.43. The number of aliphatic hydroxyl groups excluding tert-OH is 1. The lowest BCUT2D eigenvalue weighted by atomic mass is 10.00. The van der Waals surface area contributed by atoms with Crippen molar-refractivity contribution in [2.24, 2.45) is 5.92 Å². The largest absolute Gasteiger partial charge is 0.396 e. The van der Waals surface area contributed by atoms with E-state index in [4.69, 9.17) is 5.11 Å². The lowest BCUT2D eigenvalue weighted by molar-refractivity contribution is -0.122. The monoisotopic (exact) mass is 277 g/mol. The molecule has 0 aliphatic heterocycles. The van der Waals surface area contributed by atoms with Crippen molar-refractivity contribution in [3.05, 3.63) is 35.4 Å². The van der Waals surface area contributed by atoms with Gasteiger partial charge in [0.15, 0.2) is 0 Å². The van der Waals surface area contributed by atoms with Crippen LogP contribution in [0.3, 0.4) is 0 Å². The SMILES string of the molecule is CC(C)c1ccc(CCC(=O)NC(C)C(C)CO)cc1. The van der Waals surface area contributed by atoms with Crippen molar-refractivity contribution in [3.63, 3.8) is 0 Å². The van der Waals surface area contributed by atoms with Crippen LogP contribution < -0.4 is 5.32 Å². The van der Waals surface area contributed by atoms with Gasteiger partial charge in [0, 0.05) is 19.1 Å². The first-order chi connectivity index (χ1) is 9.43. The predicted octanol–water partition coefficient (Wildman–Crippen LogP) is 2.88. The van der Waals surface area contributed by atoms with Gasteiger partial charge in [0.1, 0.15) is 0 Å². The first kappa shape index (κ1) is 16.7. The van der Waals surface area contributed by atoms with Gasteiger partial charge in [-0.2, -0.15) is 0 Å². The van der Waals surface area contributed by atoms with Crippen LogP contribution in [0.5, 0.6) is 0 Å². The molecule has 2 N–H and O–H groups in total. The highest BCUT2D eigenvalue weighted by Gasteiger charge is 2.13. The maximum atomic E-state index is 11.8. The van der Waals surface area contributed by atoms with E-state index in [9.17, 15) is 4.79 Å². The van der Waals surface area contributed by atoms with E-state index in [-0.39, 0.29) is 24.5 Å². The molecule has 1 aromatic carbocycles. The average molecular weight is 277 g/mol. The fourth-order valence-electron chi connectivity index (χ4n) is 1.95. The summed E-state index contributed by atoms with van der Waals surface area (Å²) < 4.78 is 0. The second-order valence-corrected chi connectivity index (χ2v) is 5.91. The van der Waals surface area contributed by atoms with Gasteiger partial charge in [-0.1, -0.05) is 45.0 Å². The van der Waals surface area contributed by atoms with Crippen molar-refractivity contribution in [1.82, 2.24) is 5.32 Å². The van der Waals surface area contributed by atoms with E-state index >= 15 is 0 Å². The summed E-state index contributed by atoms with van der Waals surface area (Å²) >= 11 is 0. The number of aryl methyl sites for hydroxylation is 1. The number of carbonyl (C=O) groups is 1. The van der Waals surface area contributed by atoms with Crippen molar-refractivity contribution < 1.29 is 9.90 Å². The summed E-state index contributed by atoms with van der Waals surface area (Å²) in [4.78, 5) is 11.8. The molecule has 0 aromatic heterocycles. The van der Waals surface area contributed by atoms with Gasteiger partial charge in [-0.15, -0.1) is 0 Å². The molecule has 0 spiro atoms. The molecule has 20 heavy (non-hydrogen) atoms. The van der Waals surface area contributed by atoms with Crippen molar-refractivity contribution in [3.8, 4) is 0 Å². The molecule has 1 rings (SSSR count). The number of hydrogen-bond acceptors (Lipinski definition) is 2. The molecule has 1 aromatic rings. The van der Waals surface area contributed by atoms with Gasteiger partial charge in [0.25, 0.3) is 0 Å². The van der Waals surface area contributed by atoms with Crippen LogP contribution in [0.25, 0.3) is 0 Å². The number of hydrogen-bond donors (Lipinski definition) is 2. The number of amides is 1. The average Bonchev–Trinajstić information content (AvgIpc) is 2.44. The molecule has 0 radical (unpaired) electrons. The molecular weight excluding hydrogens is 250 g/mol. The fraction of sp³-hybridized carbons (Fsp3) is 0.588. The second kappa shape index (κ2) is 8.05. The highest BCUT2D eigenvalue weighted by Crippen LogP contribution is 2.15. The van der Waals surface area contributed by atoms with Gasteiger partial charge in [0.2, 0.25) is 5.91 Å². The van der Waals surface area contributed by atoms with Gasteiger partial charge in [-0.3, -0.25) is 4.79 Å². The third kappa shape index (κ3) is 5.33. The Morgan fingerprint density at radius 3 is 2.25 bits per heavy atom. The molecule has 112 valence electrons. The van der Waals surface area contributed by atoms with E-state index in [1.54, 1.807) is 0 Å². The van der Waals surface area contributed by atoms with E-state index in [1.807, 2.05) is 13.8 Å². The zero-order valence-corrected chi connectivity index (χ0v) is 13.0. The summed E-state index contributed by atoms with van der Waals surface area (Å²) in [5.41, 5.74) is 2.51. The maximum Gasteiger partial charge on any atom is 0.220 e. The highest BCUT2D eigenvalue weighted by molar-refractivity contribution is 5.76. The van der Waals surface area contributed by atoms with Crippen molar-refractivity contribution in [1.29, 1.82) is 0 Å². The van der Waals surface area contributed by atoms with Gasteiger partial charge < -0.3 is 10.4 Å². The van der Waals surface area contributed by atoms with Crippen LogP contribution in [0.4, 0.5) is 0 Å². The molecule has 1 amide bonds. The van der Waals surface area contributed by atoms with Crippen molar-refractivity contribution >= 4 is 5.91 Å². The van der Waals surface area contributed by atoms with Crippen LogP contribution in [0.15, 0.2) is 24.3 Å². The number of aliphatic hydroxyl groups is 1. The highest BCUT2D eigenvalue weighted by atomic mass is 16.3. The lowest BCUT2D eigenvalue weighted by Gasteiger charge is -2.19. The van der Waals surface area contributed by atoms with E-state index in [0.717, 1.165) is 6.42 Å². The van der Waals surface area contributed by atoms with Crippen LogP contribution in [-0.2, 0) is 11.2 Å². The summed E-state index contributed by atoms with van der Waals surface area (Å²) in [6.45, 7) is 8.29. The van der Waals surface area contributed by atoms with Crippen molar-refractivity contribution in [2.75, 3.05) is 6.61 Å². The molecule has 0 aliphatic carbocycles. The molecule has 3 heteroatoms. The van der Waals surface area contributed by atoms with Gasteiger partial charge in [-0.05, 0) is 36.3 Å². The van der Waals surface area contributed by atoms with E-state index in [2.05, 4.69) is 43.4 Å². The Balaban J connectivity index is 2.41. The summed E-state index contributed by atoms with van der Waals surface area (Å²) in [5.74, 6) is 0.670. The fourth-order valence-corrected chi connectivity index (χ4v) is 1.95. The first-order valence-electron chi connectivity index (χ1n) is 7.43. The van der Waals surface area contributed by atoms with Crippen LogP contribution in [0.1, 0.15) is 51.2 Å². The molecule has 0 fully saturated rings. The van der Waals surface area contributed by atoms with E-state index in [1.165, 1.54) is 11.1 Å². The summed E-state index contributed by atoms with van der Waals surface area (Å²) in [6.07, 6.45) is 1.24. The minimum absolute atomic E-state index is 0.0100. The molecular formula is C17H27NO2. The number of carbonyl (C=O) groups excluding carboxylic acids is 1. The van der Waals surface area contributed by atoms with Crippen LogP contribution >= 0.6 is 0 Å². The Bertz CT molecular complexity index is 412. The zero-order chi connectivity index (χ0) is 15.1. The Morgan fingerprint density at radius 1 is 1.15 bits per heavy atom. The van der Waals surface area contributed by atoms with E-state index in [0.29, 0.717) is 12.3 Å². The molecule has 2 atom stereocenters. The number of nitrogens with one attached hydrogen (secondary N) is 1. The van der Waals surface area contributed by atoms with Crippen molar-refractivity contribution in [2.45, 2.75) is 52.5 Å². The van der Waals surface area contributed by atoms with Crippen LogP contribution in [-0.4, -0.2) is 23.7 Å². The Morgan fingerprint density at radius 2 is 1.75 bits per heavy atom. The minimum atomic E-state index is 0.0100. The maximum absolute atomic E-state index is 11.8. The number of benzene rings is 1. The van der Waals surface area contributed by atoms with Crippen LogP contribution in [0, 0.1) is 5.92 Å². The second-order valence-electron chi connectivity index (χ2n) is 5.91. The minimum Gasteiger partial charge on any atom is -0.396 e. The molecule has 0 heterocycles. The Hall–Kier alpha value is -1.35.